The molecule has 19 heavy (non-hydrogen) atoms. The Morgan fingerprint density at radius 3 is 2.63 bits per heavy atom. The summed E-state index contributed by atoms with van der Waals surface area (Å²) in [6.45, 7) is 0. The molecule has 0 atom stereocenters. The second kappa shape index (κ2) is 5.40. The van der Waals surface area contributed by atoms with Crippen LogP contribution in [0.5, 0.6) is 0 Å². The molecule has 3 rings (SSSR count). The molecule has 94 valence electrons. The van der Waals surface area contributed by atoms with E-state index in [4.69, 9.17) is 4.42 Å². The van der Waals surface area contributed by atoms with Crippen molar-refractivity contribution < 1.29 is 4.42 Å². The molecule has 0 aliphatic heterocycles. The Balaban J connectivity index is 1.62. The highest BCUT2D eigenvalue weighted by atomic mass is 16.3. The Morgan fingerprint density at radius 1 is 1.00 bits per heavy atom. The molecule has 1 heterocycles. The van der Waals surface area contributed by atoms with Gasteiger partial charge in [0.05, 0.1) is 5.69 Å². The molecule has 0 amide bonds. The first-order valence-corrected chi connectivity index (χ1v) is 6.22. The molecule has 1 aromatic heterocycles. The van der Waals surface area contributed by atoms with Crippen LogP contribution < -0.4 is 5.43 Å². The normalized spacial score (nSPS) is 11.2. The summed E-state index contributed by atoms with van der Waals surface area (Å²) in [6.07, 6.45) is 2.49. The van der Waals surface area contributed by atoms with E-state index in [9.17, 15) is 0 Å². The summed E-state index contributed by atoms with van der Waals surface area (Å²) in [4.78, 5) is 0. The molecule has 0 spiro atoms. The van der Waals surface area contributed by atoms with Gasteiger partial charge in [-0.25, -0.2) is 0 Å². The van der Waals surface area contributed by atoms with Crippen molar-refractivity contribution in [2.24, 2.45) is 5.10 Å². The van der Waals surface area contributed by atoms with Gasteiger partial charge in [-0.3, -0.25) is 5.43 Å². The fourth-order valence-corrected chi connectivity index (χ4v) is 1.91. The largest absolute Gasteiger partial charge is 0.461 e. The van der Waals surface area contributed by atoms with Crippen molar-refractivity contribution in [2.45, 2.75) is 6.42 Å². The van der Waals surface area contributed by atoms with E-state index in [1.807, 2.05) is 66.9 Å². The van der Waals surface area contributed by atoms with E-state index in [0.29, 0.717) is 6.42 Å². The van der Waals surface area contributed by atoms with E-state index in [1.165, 1.54) is 0 Å². The molecular formula is C16H14N2O. The topological polar surface area (TPSA) is 37.5 Å². The molecular weight excluding hydrogens is 236 g/mol. The van der Waals surface area contributed by atoms with E-state index < -0.39 is 0 Å². The lowest BCUT2D eigenvalue weighted by Gasteiger charge is -1.97. The Labute approximate surface area is 111 Å². The van der Waals surface area contributed by atoms with Gasteiger partial charge in [-0.05, 0) is 24.3 Å². The number of anilines is 1. The van der Waals surface area contributed by atoms with Gasteiger partial charge in [-0.15, -0.1) is 0 Å². The van der Waals surface area contributed by atoms with E-state index in [0.717, 1.165) is 22.4 Å². The molecule has 0 saturated heterocycles. The standard InChI is InChI=1S/C16H14N2O/c1-2-7-14(8-3-1)18-17-11-10-15-12-13-6-4-5-9-16(13)19-15/h1-9,11-12,18H,10H2. The zero-order valence-electron chi connectivity index (χ0n) is 10.4. The van der Waals surface area contributed by atoms with Crippen molar-refractivity contribution in [2.75, 3.05) is 5.43 Å². The van der Waals surface area contributed by atoms with E-state index in [-0.39, 0.29) is 0 Å². The maximum absolute atomic E-state index is 5.70. The van der Waals surface area contributed by atoms with Crippen LogP contribution in [0.1, 0.15) is 5.76 Å². The Bertz CT molecular complexity index is 653. The molecule has 0 unspecified atom stereocenters. The Kier molecular flexibility index (Phi) is 3.28. The number of rotatable bonds is 4. The summed E-state index contributed by atoms with van der Waals surface area (Å²) in [5, 5.41) is 5.30. The summed E-state index contributed by atoms with van der Waals surface area (Å²) < 4.78 is 5.70. The average molecular weight is 250 g/mol. The van der Waals surface area contributed by atoms with Gasteiger partial charge in [0, 0.05) is 18.0 Å². The lowest BCUT2D eigenvalue weighted by molar-refractivity contribution is 0.570. The van der Waals surface area contributed by atoms with Crippen LogP contribution in [0, 0.1) is 0 Å². The van der Waals surface area contributed by atoms with Crippen molar-refractivity contribution in [3.8, 4) is 0 Å². The smallest absolute Gasteiger partial charge is 0.134 e. The Morgan fingerprint density at radius 2 is 1.79 bits per heavy atom. The molecule has 0 bridgehead atoms. The van der Waals surface area contributed by atoms with Crippen LogP contribution in [0.2, 0.25) is 0 Å². The first-order valence-electron chi connectivity index (χ1n) is 6.22. The van der Waals surface area contributed by atoms with E-state index >= 15 is 0 Å². The van der Waals surface area contributed by atoms with Gasteiger partial charge in [0.1, 0.15) is 11.3 Å². The molecule has 0 aliphatic carbocycles. The summed E-state index contributed by atoms with van der Waals surface area (Å²) in [7, 11) is 0. The lowest BCUT2D eigenvalue weighted by Crippen LogP contribution is -1.90. The van der Waals surface area contributed by atoms with Crippen LogP contribution >= 0.6 is 0 Å². The van der Waals surface area contributed by atoms with Crippen LogP contribution in [-0.4, -0.2) is 6.21 Å². The van der Waals surface area contributed by atoms with E-state index in [1.54, 1.807) is 0 Å². The fraction of sp³-hybridized carbons (Fsp3) is 0.0625. The number of fused-ring (bicyclic) bond motifs is 1. The molecule has 3 heteroatoms. The number of nitrogens with zero attached hydrogens (tertiary/aromatic N) is 1. The minimum Gasteiger partial charge on any atom is -0.461 e. The second-order valence-corrected chi connectivity index (χ2v) is 4.24. The summed E-state index contributed by atoms with van der Waals surface area (Å²) in [6, 6.07) is 19.9. The van der Waals surface area contributed by atoms with Crippen molar-refractivity contribution in [1.29, 1.82) is 0 Å². The van der Waals surface area contributed by atoms with Gasteiger partial charge in [0.2, 0.25) is 0 Å². The zero-order valence-corrected chi connectivity index (χ0v) is 10.4. The Hall–Kier alpha value is -2.55. The first kappa shape index (κ1) is 11.5. The molecule has 3 aromatic rings. The van der Waals surface area contributed by atoms with Crippen molar-refractivity contribution >= 4 is 22.9 Å². The van der Waals surface area contributed by atoms with Gasteiger partial charge in [-0.2, -0.15) is 5.10 Å². The summed E-state index contributed by atoms with van der Waals surface area (Å²) >= 11 is 0. The average Bonchev–Trinajstić information content (AvgIpc) is 2.87. The quantitative estimate of drug-likeness (QED) is 0.559. The molecule has 1 N–H and O–H groups in total. The zero-order chi connectivity index (χ0) is 12.9. The monoisotopic (exact) mass is 250 g/mol. The number of hydrazone groups is 1. The molecule has 2 aromatic carbocycles. The molecule has 0 aliphatic rings. The van der Waals surface area contributed by atoms with Crippen LogP contribution in [0.3, 0.4) is 0 Å². The van der Waals surface area contributed by atoms with Crippen LogP contribution in [0.4, 0.5) is 5.69 Å². The summed E-state index contributed by atoms with van der Waals surface area (Å²) in [5.74, 6) is 0.916. The highest BCUT2D eigenvalue weighted by Crippen LogP contribution is 2.18. The maximum atomic E-state index is 5.70. The predicted molar refractivity (Wildman–Crippen MR) is 78.5 cm³/mol. The number of para-hydroxylation sites is 2. The molecule has 3 nitrogen and oxygen atoms in total. The van der Waals surface area contributed by atoms with Crippen LogP contribution in [-0.2, 0) is 6.42 Å². The number of nitrogens with one attached hydrogen (secondary N) is 1. The van der Waals surface area contributed by atoms with Gasteiger partial charge < -0.3 is 4.42 Å². The molecule has 0 fully saturated rings. The van der Waals surface area contributed by atoms with E-state index in [2.05, 4.69) is 10.5 Å². The maximum Gasteiger partial charge on any atom is 0.134 e. The van der Waals surface area contributed by atoms with Gasteiger partial charge >= 0.3 is 0 Å². The van der Waals surface area contributed by atoms with Gasteiger partial charge in [0.25, 0.3) is 0 Å². The third-order valence-corrected chi connectivity index (χ3v) is 2.83. The number of furan rings is 1. The highest BCUT2D eigenvalue weighted by Gasteiger charge is 2.00. The fourth-order valence-electron chi connectivity index (χ4n) is 1.91. The van der Waals surface area contributed by atoms with Crippen molar-refractivity contribution in [3.63, 3.8) is 0 Å². The first-order chi connectivity index (χ1) is 9.42. The second-order valence-electron chi connectivity index (χ2n) is 4.24. The highest BCUT2D eigenvalue weighted by molar-refractivity contribution is 5.78. The number of hydrogen-bond acceptors (Lipinski definition) is 3. The molecule has 0 saturated carbocycles. The van der Waals surface area contributed by atoms with Crippen LogP contribution in [0.25, 0.3) is 11.0 Å². The van der Waals surface area contributed by atoms with Gasteiger partial charge in [0.15, 0.2) is 0 Å². The third kappa shape index (κ3) is 2.83. The van der Waals surface area contributed by atoms with Gasteiger partial charge in [-0.1, -0.05) is 36.4 Å². The minimum absolute atomic E-state index is 0.675. The number of hydrogen-bond donors (Lipinski definition) is 1. The molecule has 0 radical (unpaired) electrons. The summed E-state index contributed by atoms with van der Waals surface area (Å²) in [5.41, 5.74) is 4.87. The SMILES string of the molecule is C(Cc1cc2ccccc2o1)=NNc1ccccc1. The van der Waals surface area contributed by atoms with Crippen molar-refractivity contribution in [1.82, 2.24) is 0 Å². The number of benzene rings is 2. The lowest BCUT2D eigenvalue weighted by atomic mass is 10.2. The predicted octanol–water partition coefficient (Wildman–Crippen LogP) is 4.07. The third-order valence-electron chi connectivity index (χ3n) is 2.83. The van der Waals surface area contributed by atoms with Crippen molar-refractivity contribution in [3.05, 3.63) is 66.4 Å². The van der Waals surface area contributed by atoms with Crippen LogP contribution in [0.15, 0.2) is 70.2 Å². The minimum atomic E-state index is 0.675.